The van der Waals surface area contributed by atoms with E-state index in [1.54, 1.807) is 30.3 Å². The summed E-state index contributed by atoms with van der Waals surface area (Å²) >= 11 is 0. The number of nitriles is 1. The largest absolute Gasteiger partial charge is 0.423 e. The highest BCUT2D eigenvalue weighted by molar-refractivity contribution is 5.79. The van der Waals surface area contributed by atoms with Crippen LogP contribution < -0.4 is 11.1 Å². The lowest BCUT2D eigenvalue weighted by atomic mass is 10.1. The Morgan fingerprint density at radius 2 is 2.10 bits per heavy atom. The smallest absolute Gasteiger partial charge is 0.300 e. The molecular formula is C15H12N4O. The van der Waals surface area contributed by atoms with Gasteiger partial charge in [-0.1, -0.05) is 6.07 Å². The van der Waals surface area contributed by atoms with E-state index in [1.807, 2.05) is 13.0 Å². The molecule has 0 bridgehead atoms. The maximum atomic E-state index is 8.93. The Balaban J connectivity index is 1.99. The summed E-state index contributed by atoms with van der Waals surface area (Å²) in [5.74, 6) is 0. The molecule has 0 amide bonds. The van der Waals surface area contributed by atoms with E-state index in [1.165, 1.54) is 0 Å². The number of rotatable bonds is 2. The third kappa shape index (κ3) is 2.15. The van der Waals surface area contributed by atoms with E-state index in [0.717, 1.165) is 11.3 Å². The number of benzene rings is 2. The monoisotopic (exact) mass is 264 g/mol. The van der Waals surface area contributed by atoms with Crippen LogP contribution in [0, 0.1) is 18.3 Å². The van der Waals surface area contributed by atoms with Crippen LogP contribution in [0.15, 0.2) is 40.8 Å². The zero-order valence-corrected chi connectivity index (χ0v) is 10.8. The minimum Gasteiger partial charge on any atom is -0.423 e. The number of nitrogens with zero attached hydrogens (tertiary/aromatic N) is 2. The number of fused-ring (bicyclic) bond motifs is 1. The molecule has 0 aliphatic carbocycles. The molecule has 0 fully saturated rings. The van der Waals surface area contributed by atoms with Crippen LogP contribution in [0.3, 0.4) is 0 Å². The van der Waals surface area contributed by atoms with Gasteiger partial charge in [-0.05, 0) is 42.8 Å². The van der Waals surface area contributed by atoms with Gasteiger partial charge in [0.15, 0.2) is 5.58 Å². The number of aryl methyl sites for hydroxylation is 1. The quantitative estimate of drug-likeness (QED) is 0.693. The van der Waals surface area contributed by atoms with Gasteiger partial charge in [0, 0.05) is 11.4 Å². The zero-order chi connectivity index (χ0) is 14.1. The number of nitrogens with two attached hydrogens (primary N) is 1. The second-order valence-electron chi connectivity index (χ2n) is 4.51. The molecule has 3 N–H and O–H groups in total. The topological polar surface area (TPSA) is 87.9 Å². The maximum Gasteiger partial charge on any atom is 0.300 e. The summed E-state index contributed by atoms with van der Waals surface area (Å²) in [4.78, 5) is 4.32. The molecule has 1 heterocycles. The Morgan fingerprint density at radius 3 is 2.90 bits per heavy atom. The minimum absolute atomic E-state index is 0.379. The molecule has 1 aromatic heterocycles. The number of oxazole rings is 1. The van der Waals surface area contributed by atoms with E-state index < -0.39 is 0 Å². The van der Waals surface area contributed by atoms with Crippen LogP contribution >= 0.6 is 0 Å². The number of nitrogens with one attached hydrogen (secondary N) is 1. The van der Waals surface area contributed by atoms with Crippen molar-refractivity contribution in [2.75, 3.05) is 11.1 Å². The number of hydrogen-bond donors (Lipinski definition) is 2. The Hall–Kier alpha value is -3.00. The van der Waals surface area contributed by atoms with E-state index in [9.17, 15) is 0 Å². The molecule has 3 rings (SSSR count). The van der Waals surface area contributed by atoms with Crippen molar-refractivity contribution in [3.8, 4) is 6.07 Å². The van der Waals surface area contributed by atoms with Gasteiger partial charge in [-0.3, -0.25) is 0 Å². The van der Waals surface area contributed by atoms with Crippen LogP contribution in [0.1, 0.15) is 11.1 Å². The zero-order valence-electron chi connectivity index (χ0n) is 10.8. The van der Waals surface area contributed by atoms with Gasteiger partial charge < -0.3 is 15.5 Å². The van der Waals surface area contributed by atoms with Crippen molar-refractivity contribution in [1.82, 2.24) is 4.98 Å². The first kappa shape index (κ1) is 12.1. The summed E-state index contributed by atoms with van der Waals surface area (Å²) in [5, 5.41) is 12.0. The van der Waals surface area contributed by atoms with E-state index in [4.69, 9.17) is 15.4 Å². The number of nitrogen functional groups attached to an aromatic ring is 1. The first-order valence-electron chi connectivity index (χ1n) is 6.09. The summed E-state index contributed by atoms with van der Waals surface area (Å²) in [5.41, 5.74) is 10.1. The normalized spacial score (nSPS) is 10.4. The minimum atomic E-state index is 0.379. The van der Waals surface area contributed by atoms with Crippen molar-refractivity contribution < 1.29 is 4.42 Å². The van der Waals surface area contributed by atoms with E-state index in [2.05, 4.69) is 16.4 Å². The molecule has 0 aliphatic rings. The van der Waals surface area contributed by atoms with Crippen molar-refractivity contribution >= 4 is 28.5 Å². The third-order valence-corrected chi connectivity index (χ3v) is 3.02. The fourth-order valence-electron chi connectivity index (χ4n) is 1.94. The molecule has 0 unspecified atom stereocenters. The lowest BCUT2D eigenvalue weighted by Crippen LogP contribution is -1.93. The first-order valence-corrected chi connectivity index (χ1v) is 6.09. The summed E-state index contributed by atoms with van der Waals surface area (Å²) in [7, 11) is 0. The lowest BCUT2D eigenvalue weighted by Gasteiger charge is -2.05. The molecule has 5 nitrogen and oxygen atoms in total. The van der Waals surface area contributed by atoms with Gasteiger partial charge in [0.05, 0.1) is 11.6 Å². The molecule has 3 aromatic rings. The van der Waals surface area contributed by atoms with Crippen molar-refractivity contribution in [3.05, 3.63) is 47.5 Å². The molecular weight excluding hydrogens is 252 g/mol. The van der Waals surface area contributed by atoms with Crippen molar-refractivity contribution in [3.63, 3.8) is 0 Å². The summed E-state index contributed by atoms with van der Waals surface area (Å²) in [6.07, 6.45) is 0. The van der Waals surface area contributed by atoms with Crippen LogP contribution in [0.5, 0.6) is 0 Å². The molecule has 0 spiro atoms. The lowest BCUT2D eigenvalue weighted by molar-refractivity contribution is 0.623. The summed E-state index contributed by atoms with van der Waals surface area (Å²) < 4.78 is 5.59. The Bertz CT molecular complexity index is 829. The Morgan fingerprint density at radius 1 is 1.25 bits per heavy atom. The van der Waals surface area contributed by atoms with Gasteiger partial charge in [-0.2, -0.15) is 10.2 Å². The molecule has 5 heteroatoms. The summed E-state index contributed by atoms with van der Waals surface area (Å²) in [6, 6.07) is 13.2. The second kappa shape index (κ2) is 4.59. The Kier molecular flexibility index (Phi) is 2.77. The highest BCUT2D eigenvalue weighted by atomic mass is 16.4. The van der Waals surface area contributed by atoms with E-state index in [-0.39, 0.29) is 0 Å². The molecule has 98 valence electrons. The number of aromatic nitrogens is 1. The molecule has 20 heavy (non-hydrogen) atoms. The summed E-state index contributed by atoms with van der Waals surface area (Å²) in [6.45, 7) is 1.95. The van der Waals surface area contributed by atoms with Crippen LogP contribution in [-0.2, 0) is 0 Å². The Labute approximate surface area is 115 Å². The van der Waals surface area contributed by atoms with Crippen molar-refractivity contribution in [1.29, 1.82) is 5.26 Å². The van der Waals surface area contributed by atoms with Crippen LogP contribution in [0.2, 0.25) is 0 Å². The first-order chi connectivity index (χ1) is 9.65. The second-order valence-corrected chi connectivity index (χ2v) is 4.51. The van der Waals surface area contributed by atoms with Crippen molar-refractivity contribution in [2.24, 2.45) is 0 Å². The van der Waals surface area contributed by atoms with E-state index >= 15 is 0 Å². The standard InChI is InChI=1S/C15H12N4O/c1-9-2-3-10(8-16)6-12(9)18-15-19-13-7-11(17)4-5-14(13)20-15/h2-7H,17H2,1H3,(H,18,19). The van der Waals surface area contributed by atoms with Crippen LogP contribution in [0.25, 0.3) is 11.1 Å². The van der Waals surface area contributed by atoms with Crippen LogP contribution in [0.4, 0.5) is 17.4 Å². The van der Waals surface area contributed by atoms with Crippen LogP contribution in [-0.4, -0.2) is 4.98 Å². The van der Waals surface area contributed by atoms with E-state index in [0.29, 0.717) is 28.4 Å². The third-order valence-electron chi connectivity index (χ3n) is 3.02. The molecule has 0 aliphatic heterocycles. The molecule has 0 atom stereocenters. The molecule has 0 saturated carbocycles. The molecule has 2 aromatic carbocycles. The molecule has 0 saturated heterocycles. The predicted molar refractivity (Wildman–Crippen MR) is 77.6 cm³/mol. The predicted octanol–water partition coefficient (Wildman–Crippen LogP) is 3.33. The van der Waals surface area contributed by atoms with Gasteiger partial charge in [-0.15, -0.1) is 0 Å². The highest BCUT2D eigenvalue weighted by Gasteiger charge is 2.08. The van der Waals surface area contributed by atoms with Gasteiger partial charge >= 0.3 is 0 Å². The molecule has 0 radical (unpaired) electrons. The van der Waals surface area contributed by atoms with Gasteiger partial charge in [0.25, 0.3) is 6.01 Å². The highest BCUT2D eigenvalue weighted by Crippen LogP contribution is 2.25. The van der Waals surface area contributed by atoms with Gasteiger partial charge in [-0.25, -0.2) is 0 Å². The SMILES string of the molecule is Cc1ccc(C#N)cc1Nc1nc2cc(N)ccc2o1. The average Bonchev–Trinajstić information content (AvgIpc) is 2.82. The number of anilines is 3. The number of hydrogen-bond acceptors (Lipinski definition) is 5. The average molecular weight is 264 g/mol. The van der Waals surface area contributed by atoms with Crippen molar-refractivity contribution in [2.45, 2.75) is 6.92 Å². The van der Waals surface area contributed by atoms with Gasteiger partial charge in [0.1, 0.15) is 5.52 Å². The fourth-order valence-corrected chi connectivity index (χ4v) is 1.94. The maximum absolute atomic E-state index is 8.93. The fraction of sp³-hybridized carbons (Fsp3) is 0.0667. The van der Waals surface area contributed by atoms with Gasteiger partial charge in [0.2, 0.25) is 0 Å².